The molecule has 68 valence electrons. The fourth-order valence-corrected chi connectivity index (χ4v) is 0.950. The Hall–Kier alpha value is -0.300. The van der Waals surface area contributed by atoms with Crippen LogP contribution >= 0.6 is 11.8 Å². The van der Waals surface area contributed by atoms with Gasteiger partial charge in [0.2, 0.25) is 0 Å². The number of carboxylic acids is 1. The van der Waals surface area contributed by atoms with Crippen molar-refractivity contribution in [2.45, 2.75) is 12.5 Å². The van der Waals surface area contributed by atoms with Gasteiger partial charge in [-0.25, -0.2) is 0 Å². The summed E-state index contributed by atoms with van der Waals surface area (Å²) in [5, 5.41) is 16.7. The Morgan fingerprint density at radius 1 is 1.73 bits per heavy atom. The zero-order chi connectivity index (χ0) is 7.98. The fourth-order valence-electron chi connectivity index (χ4n) is 0.479. The molecule has 1 atom stereocenters. The summed E-state index contributed by atoms with van der Waals surface area (Å²) in [6.45, 7) is 0. The van der Waals surface area contributed by atoms with E-state index in [0.717, 1.165) is 5.75 Å². The molecule has 0 radical (unpaired) electrons. The Bertz CT molecular complexity index is 112. The van der Waals surface area contributed by atoms with Crippen LogP contribution in [-0.4, -0.2) is 34.3 Å². The number of thioether (sulfide) groups is 1. The molecular formula is C5H14N2O3S. The van der Waals surface area contributed by atoms with Crippen molar-refractivity contribution in [1.82, 2.24) is 11.6 Å². The topological polar surface area (TPSA) is 105 Å². The molecule has 5 nitrogen and oxygen atoms in total. The number of rotatable bonds is 5. The first-order valence-electron chi connectivity index (χ1n) is 2.83. The van der Waals surface area contributed by atoms with Gasteiger partial charge >= 0.3 is 5.97 Å². The van der Waals surface area contributed by atoms with E-state index in [0.29, 0.717) is 6.42 Å². The van der Waals surface area contributed by atoms with E-state index >= 15 is 0 Å². The van der Waals surface area contributed by atoms with Crippen LogP contribution in [-0.2, 0) is 4.79 Å². The van der Waals surface area contributed by atoms with Crippen LogP contribution in [0.15, 0.2) is 0 Å². The number of nitrogens with one attached hydrogen (secondary N) is 1. The van der Waals surface area contributed by atoms with Gasteiger partial charge in [-0.2, -0.15) is 17.2 Å². The lowest BCUT2D eigenvalue weighted by Gasteiger charge is -2.07. The Balaban J connectivity index is 0. The summed E-state index contributed by atoms with van der Waals surface area (Å²) >= 11 is 1.55. The molecule has 11 heavy (non-hydrogen) atoms. The second-order valence-electron chi connectivity index (χ2n) is 1.80. The van der Waals surface area contributed by atoms with Gasteiger partial charge in [0.05, 0.1) is 0 Å². The molecule has 0 aromatic carbocycles. The Morgan fingerprint density at radius 3 is 2.55 bits per heavy atom. The number of hydrogen-bond acceptors (Lipinski definition) is 5. The van der Waals surface area contributed by atoms with Gasteiger partial charge in [0.15, 0.2) is 0 Å². The van der Waals surface area contributed by atoms with Crippen LogP contribution in [0.3, 0.4) is 0 Å². The van der Waals surface area contributed by atoms with Gasteiger partial charge < -0.3 is 16.5 Å². The number of aliphatic carboxylic acids is 1. The monoisotopic (exact) mass is 182 g/mol. The third-order valence-electron chi connectivity index (χ3n) is 1.06. The van der Waals surface area contributed by atoms with Crippen LogP contribution in [0, 0.1) is 0 Å². The highest BCUT2D eigenvalue weighted by atomic mass is 32.2. The summed E-state index contributed by atoms with van der Waals surface area (Å²) in [7, 11) is 0. The van der Waals surface area contributed by atoms with E-state index in [1.54, 1.807) is 17.2 Å². The van der Waals surface area contributed by atoms with Gasteiger partial charge in [0.1, 0.15) is 6.04 Å². The molecule has 0 fully saturated rings. The van der Waals surface area contributed by atoms with Gasteiger partial charge in [-0.1, -0.05) is 0 Å². The van der Waals surface area contributed by atoms with Gasteiger partial charge in [-0.3, -0.25) is 4.79 Å². The van der Waals surface area contributed by atoms with E-state index in [-0.39, 0.29) is 6.15 Å². The largest absolute Gasteiger partial charge is 0.480 e. The van der Waals surface area contributed by atoms with Crippen molar-refractivity contribution in [3.8, 4) is 0 Å². The van der Waals surface area contributed by atoms with E-state index in [2.05, 4.69) is 0 Å². The molecule has 0 rings (SSSR count). The molecule has 0 bridgehead atoms. The molecule has 6 heteroatoms. The average molecular weight is 182 g/mol. The molecule has 6 N–H and O–H groups in total. The highest BCUT2D eigenvalue weighted by Gasteiger charge is 2.14. The highest BCUT2D eigenvalue weighted by Crippen LogP contribution is 1.99. The molecule has 0 aliphatic carbocycles. The van der Waals surface area contributed by atoms with Crippen molar-refractivity contribution in [3.05, 3.63) is 0 Å². The number of carboxylic acid groups (broad SMARTS) is 1. The van der Waals surface area contributed by atoms with Crippen LogP contribution in [0.5, 0.6) is 0 Å². The van der Waals surface area contributed by atoms with Crippen LogP contribution in [0.25, 0.3) is 0 Å². The standard InChI is InChI=1S/C5H11NO3S.H3N/c1-10-3-2-4(6-9)5(7)8;/h4,6,9H,2-3H2,1H3,(H,7,8);1H3/t4-;/m0./s1. The van der Waals surface area contributed by atoms with Crippen LogP contribution in [0.1, 0.15) is 6.42 Å². The minimum Gasteiger partial charge on any atom is -0.480 e. The first-order chi connectivity index (χ1) is 4.72. The summed E-state index contributed by atoms with van der Waals surface area (Å²) in [6, 6.07) is -0.826. The van der Waals surface area contributed by atoms with Gasteiger partial charge in [-0.15, -0.1) is 0 Å². The second kappa shape index (κ2) is 7.80. The van der Waals surface area contributed by atoms with Gasteiger partial charge in [0, 0.05) is 0 Å². The molecule has 0 aromatic heterocycles. The first kappa shape index (κ1) is 13.3. The molecule has 0 heterocycles. The summed E-state index contributed by atoms with van der Waals surface area (Å²) in [5.41, 5.74) is 1.72. The third kappa shape index (κ3) is 6.11. The van der Waals surface area contributed by atoms with Crippen molar-refractivity contribution >= 4 is 17.7 Å². The summed E-state index contributed by atoms with van der Waals surface area (Å²) in [4.78, 5) is 10.2. The minimum atomic E-state index is -1.02. The lowest BCUT2D eigenvalue weighted by Crippen LogP contribution is -2.34. The van der Waals surface area contributed by atoms with Gasteiger partial charge in [-0.05, 0) is 18.4 Å². The smallest absolute Gasteiger partial charge is 0.323 e. The summed E-state index contributed by atoms with van der Waals surface area (Å²) in [6.07, 6.45) is 2.32. The quantitative estimate of drug-likeness (QED) is 0.457. The molecular weight excluding hydrogens is 168 g/mol. The molecule has 0 aromatic rings. The number of carbonyl (C=O) groups is 1. The maximum Gasteiger partial charge on any atom is 0.323 e. The molecule has 0 spiro atoms. The lowest BCUT2D eigenvalue weighted by molar-refractivity contribution is -0.142. The third-order valence-corrected chi connectivity index (χ3v) is 1.71. The van der Waals surface area contributed by atoms with Crippen molar-refractivity contribution < 1.29 is 15.1 Å². The zero-order valence-electron chi connectivity index (χ0n) is 6.41. The molecule has 0 saturated heterocycles. The minimum absolute atomic E-state index is 0. The molecule has 0 aliphatic rings. The van der Waals surface area contributed by atoms with E-state index < -0.39 is 12.0 Å². The molecule has 0 unspecified atom stereocenters. The van der Waals surface area contributed by atoms with Crippen molar-refractivity contribution in [2.24, 2.45) is 0 Å². The molecule has 0 amide bonds. The number of hydrogen-bond donors (Lipinski definition) is 4. The Labute approximate surface area is 69.7 Å². The fraction of sp³-hybridized carbons (Fsp3) is 0.800. The predicted octanol–water partition coefficient (Wildman–Crippen LogP) is 0.334. The first-order valence-corrected chi connectivity index (χ1v) is 4.23. The van der Waals surface area contributed by atoms with E-state index in [9.17, 15) is 4.79 Å². The summed E-state index contributed by atoms with van der Waals surface area (Å²) < 4.78 is 0. The van der Waals surface area contributed by atoms with E-state index in [4.69, 9.17) is 10.3 Å². The lowest BCUT2D eigenvalue weighted by atomic mass is 10.2. The average Bonchev–Trinajstić information content (AvgIpc) is 1.89. The van der Waals surface area contributed by atoms with Crippen LogP contribution in [0.2, 0.25) is 0 Å². The maximum atomic E-state index is 10.2. The Morgan fingerprint density at radius 2 is 2.27 bits per heavy atom. The normalized spacial score (nSPS) is 11.8. The van der Waals surface area contributed by atoms with Crippen molar-refractivity contribution in [2.75, 3.05) is 12.0 Å². The SMILES string of the molecule is CSCC[C@H](NO)C(=O)O.N. The Kier molecular flexibility index (Phi) is 9.44. The molecule has 0 saturated carbocycles. The highest BCUT2D eigenvalue weighted by molar-refractivity contribution is 7.98. The van der Waals surface area contributed by atoms with Crippen LogP contribution < -0.4 is 11.6 Å². The van der Waals surface area contributed by atoms with E-state index in [1.807, 2.05) is 6.26 Å². The molecule has 0 aliphatic heterocycles. The zero-order valence-corrected chi connectivity index (χ0v) is 7.23. The van der Waals surface area contributed by atoms with Crippen molar-refractivity contribution in [1.29, 1.82) is 0 Å². The second-order valence-corrected chi connectivity index (χ2v) is 2.79. The number of hydroxylamine groups is 1. The van der Waals surface area contributed by atoms with Gasteiger partial charge in [0.25, 0.3) is 0 Å². The maximum absolute atomic E-state index is 10.2. The predicted molar refractivity (Wildman–Crippen MR) is 44.4 cm³/mol. The van der Waals surface area contributed by atoms with E-state index in [1.165, 1.54) is 0 Å². The van der Waals surface area contributed by atoms with Crippen molar-refractivity contribution in [3.63, 3.8) is 0 Å². The van der Waals surface area contributed by atoms with Crippen LogP contribution in [0.4, 0.5) is 0 Å². The summed E-state index contributed by atoms with van der Waals surface area (Å²) in [5.74, 6) is -0.290.